The molecule has 0 aliphatic carbocycles. The number of nitrogens with one attached hydrogen (secondary N) is 1. The molecule has 0 saturated heterocycles. The molecule has 0 amide bonds. The summed E-state index contributed by atoms with van der Waals surface area (Å²) in [6, 6.07) is 5.65. The lowest BCUT2D eigenvalue weighted by atomic mass is 10.1. The number of benzene rings is 1. The van der Waals surface area contributed by atoms with Crippen molar-refractivity contribution in [3.05, 3.63) is 41.5 Å². The van der Waals surface area contributed by atoms with Crippen molar-refractivity contribution < 1.29 is 21.4 Å². The predicted octanol–water partition coefficient (Wildman–Crippen LogP) is -0.227. The number of aryl methyl sites for hydroxylation is 1. The number of anilines is 1. The number of rotatable bonds is 8. The molecule has 1 aromatic carbocycles. The Morgan fingerprint density at radius 3 is 2.23 bits per heavy atom. The average Bonchev–Trinajstić information content (AvgIpc) is 2.50. The Balaban J connectivity index is 2.04. The van der Waals surface area contributed by atoms with Gasteiger partial charge >= 0.3 is 0 Å². The molecule has 0 aliphatic rings. The van der Waals surface area contributed by atoms with Gasteiger partial charge in [0.25, 0.3) is 10.1 Å². The van der Waals surface area contributed by atoms with Gasteiger partial charge in [0, 0.05) is 19.4 Å². The van der Waals surface area contributed by atoms with Gasteiger partial charge in [-0.1, -0.05) is 12.1 Å². The fraction of sp³-hybridized carbons (Fsp3) is 0.357. The molecule has 0 aliphatic heterocycles. The molecule has 2 rings (SSSR count). The number of nitrogens with two attached hydrogens (primary N) is 1. The van der Waals surface area contributed by atoms with E-state index in [9.17, 15) is 16.8 Å². The molecule has 12 heteroatoms. The summed E-state index contributed by atoms with van der Waals surface area (Å²) in [6.45, 7) is 0.261. The molecule has 2 aromatic rings. The topological polar surface area (TPSA) is 165 Å². The van der Waals surface area contributed by atoms with Crippen LogP contribution in [0.2, 0.25) is 0 Å². The fourth-order valence-electron chi connectivity index (χ4n) is 2.15. The van der Waals surface area contributed by atoms with E-state index in [0.29, 0.717) is 30.9 Å². The van der Waals surface area contributed by atoms with Crippen LogP contribution in [-0.2, 0) is 33.0 Å². The summed E-state index contributed by atoms with van der Waals surface area (Å²) >= 11 is 0. The van der Waals surface area contributed by atoms with E-state index in [2.05, 4.69) is 19.7 Å². The van der Waals surface area contributed by atoms with Gasteiger partial charge in [-0.2, -0.15) is 18.4 Å². The third-order valence-electron chi connectivity index (χ3n) is 3.27. The number of hydrogen-bond acceptors (Lipinski definition) is 8. The molecule has 0 unspecified atom stereocenters. The lowest BCUT2D eigenvalue weighted by Gasteiger charge is -2.06. The third kappa shape index (κ3) is 6.63. The van der Waals surface area contributed by atoms with Gasteiger partial charge in [0.15, 0.2) is 0 Å². The van der Waals surface area contributed by atoms with Crippen LogP contribution in [0.1, 0.15) is 23.6 Å². The lowest BCUT2D eigenvalue weighted by molar-refractivity contribution is 0.483. The molecule has 10 nitrogen and oxygen atoms in total. The smallest absolute Gasteiger partial charge is 0.294 e. The second kappa shape index (κ2) is 8.03. The van der Waals surface area contributed by atoms with Crippen LogP contribution in [0, 0.1) is 0 Å². The third-order valence-corrected chi connectivity index (χ3v) is 4.87. The maximum Gasteiger partial charge on any atom is 0.294 e. The summed E-state index contributed by atoms with van der Waals surface area (Å²) in [5, 5.41) is 0. The molecule has 1 heterocycles. The van der Waals surface area contributed by atoms with E-state index >= 15 is 0 Å². The van der Waals surface area contributed by atoms with Crippen LogP contribution in [0.3, 0.4) is 0 Å². The summed E-state index contributed by atoms with van der Waals surface area (Å²) in [4.78, 5) is 12.2. The predicted molar refractivity (Wildman–Crippen MR) is 94.5 cm³/mol. The standard InChI is InChI=1S/C14H19N5O5S2/c1-25(20,21)16-8-2-3-12-17-13(19-14(15)18-12)9-10-4-6-11(7-5-10)26(22,23)24/h4-7,16H,2-3,8-9H2,1H3,(H,22,23,24)(H2,15,17,18,19). The highest BCUT2D eigenvalue weighted by atomic mass is 32.2. The number of sulfonamides is 1. The van der Waals surface area contributed by atoms with Gasteiger partial charge in [-0.15, -0.1) is 0 Å². The minimum atomic E-state index is -4.24. The molecule has 26 heavy (non-hydrogen) atoms. The van der Waals surface area contributed by atoms with Gasteiger partial charge in [0.05, 0.1) is 11.2 Å². The molecule has 0 spiro atoms. The zero-order valence-corrected chi connectivity index (χ0v) is 15.6. The zero-order chi connectivity index (χ0) is 19.4. The average molecular weight is 401 g/mol. The maximum atomic E-state index is 11.0. The Labute approximate surface area is 151 Å². The molecular formula is C14H19N5O5S2. The van der Waals surface area contributed by atoms with Crippen LogP contribution in [0.15, 0.2) is 29.2 Å². The molecule has 0 bridgehead atoms. The summed E-state index contributed by atoms with van der Waals surface area (Å²) in [5.41, 5.74) is 6.41. The first-order valence-electron chi connectivity index (χ1n) is 7.53. The van der Waals surface area contributed by atoms with E-state index in [-0.39, 0.29) is 17.4 Å². The van der Waals surface area contributed by atoms with Crippen LogP contribution in [-0.4, -0.2) is 49.1 Å². The SMILES string of the molecule is CS(=O)(=O)NCCCc1nc(N)nc(Cc2ccc(S(=O)(=O)O)cc2)n1. The first-order chi connectivity index (χ1) is 12.0. The molecule has 4 N–H and O–H groups in total. The number of aromatic nitrogens is 3. The van der Waals surface area contributed by atoms with Crippen molar-refractivity contribution in [1.29, 1.82) is 0 Å². The largest absolute Gasteiger partial charge is 0.368 e. The van der Waals surface area contributed by atoms with Crippen LogP contribution < -0.4 is 10.5 Å². The minimum absolute atomic E-state index is 0.0515. The Morgan fingerprint density at radius 2 is 1.65 bits per heavy atom. The fourth-order valence-corrected chi connectivity index (χ4v) is 3.14. The van der Waals surface area contributed by atoms with Gasteiger partial charge in [0.1, 0.15) is 11.6 Å². The number of nitrogen functional groups attached to an aromatic ring is 1. The Kier molecular flexibility index (Phi) is 6.23. The van der Waals surface area contributed by atoms with Gasteiger partial charge < -0.3 is 5.73 Å². The van der Waals surface area contributed by atoms with Gasteiger partial charge in [-0.3, -0.25) is 4.55 Å². The Hall–Kier alpha value is -2.15. The quantitative estimate of drug-likeness (QED) is 0.400. The molecule has 142 valence electrons. The van der Waals surface area contributed by atoms with Crippen molar-refractivity contribution in [2.45, 2.75) is 24.2 Å². The molecule has 0 fully saturated rings. The highest BCUT2D eigenvalue weighted by molar-refractivity contribution is 7.88. The summed E-state index contributed by atoms with van der Waals surface area (Å²) < 4.78 is 55.5. The summed E-state index contributed by atoms with van der Waals surface area (Å²) in [7, 11) is -7.48. The van der Waals surface area contributed by atoms with Gasteiger partial charge in [-0.25, -0.2) is 18.1 Å². The van der Waals surface area contributed by atoms with E-state index in [4.69, 9.17) is 10.3 Å². The van der Waals surface area contributed by atoms with Crippen LogP contribution in [0.4, 0.5) is 5.95 Å². The van der Waals surface area contributed by atoms with E-state index in [0.717, 1.165) is 11.8 Å². The maximum absolute atomic E-state index is 11.0. The number of hydrogen-bond donors (Lipinski definition) is 3. The molecule has 0 radical (unpaired) electrons. The van der Waals surface area contributed by atoms with Crippen molar-refractivity contribution in [1.82, 2.24) is 19.7 Å². The van der Waals surface area contributed by atoms with Crippen molar-refractivity contribution in [3.63, 3.8) is 0 Å². The Morgan fingerprint density at radius 1 is 1.04 bits per heavy atom. The lowest BCUT2D eigenvalue weighted by Crippen LogP contribution is -2.23. The monoisotopic (exact) mass is 401 g/mol. The van der Waals surface area contributed by atoms with Crippen molar-refractivity contribution in [2.24, 2.45) is 0 Å². The first-order valence-corrected chi connectivity index (χ1v) is 10.9. The Bertz CT molecular complexity index is 975. The second-order valence-corrected chi connectivity index (χ2v) is 8.85. The minimum Gasteiger partial charge on any atom is -0.368 e. The molecule has 1 aromatic heterocycles. The summed E-state index contributed by atoms with van der Waals surface area (Å²) in [5.74, 6) is 0.899. The van der Waals surface area contributed by atoms with Crippen LogP contribution >= 0.6 is 0 Å². The normalized spacial score (nSPS) is 12.2. The molecule has 0 saturated carbocycles. The van der Waals surface area contributed by atoms with E-state index in [1.807, 2.05) is 0 Å². The number of nitrogens with zero attached hydrogens (tertiary/aromatic N) is 3. The van der Waals surface area contributed by atoms with E-state index < -0.39 is 20.1 Å². The molecule has 0 atom stereocenters. The van der Waals surface area contributed by atoms with Gasteiger partial charge in [0.2, 0.25) is 16.0 Å². The van der Waals surface area contributed by atoms with E-state index in [1.54, 1.807) is 12.1 Å². The highest BCUT2D eigenvalue weighted by Gasteiger charge is 2.10. The second-order valence-electron chi connectivity index (χ2n) is 5.59. The van der Waals surface area contributed by atoms with Crippen molar-refractivity contribution >= 4 is 26.1 Å². The summed E-state index contributed by atoms with van der Waals surface area (Å²) in [6.07, 6.45) is 2.30. The van der Waals surface area contributed by atoms with Crippen molar-refractivity contribution in [2.75, 3.05) is 18.5 Å². The van der Waals surface area contributed by atoms with Crippen LogP contribution in [0.25, 0.3) is 0 Å². The first kappa shape index (κ1) is 20.2. The highest BCUT2D eigenvalue weighted by Crippen LogP contribution is 2.13. The van der Waals surface area contributed by atoms with Gasteiger partial charge in [-0.05, 0) is 24.1 Å². The zero-order valence-electron chi connectivity index (χ0n) is 14.0. The van der Waals surface area contributed by atoms with Crippen molar-refractivity contribution in [3.8, 4) is 0 Å². The van der Waals surface area contributed by atoms with Crippen LogP contribution in [0.5, 0.6) is 0 Å². The molecular weight excluding hydrogens is 382 g/mol. The van der Waals surface area contributed by atoms with E-state index in [1.165, 1.54) is 12.1 Å².